The Labute approximate surface area is 106 Å². The maximum atomic E-state index is 13.4. The smallest absolute Gasteiger partial charge is 0.261 e. The second-order valence-electron chi connectivity index (χ2n) is 3.50. The second-order valence-corrected chi connectivity index (χ2v) is 3.94. The normalized spacial score (nSPS) is 10.1. The number of aromatic amines is 1. The van der Waals surface area contributed by atoms with E-state index in [9.17, 15) is 14.0 Å². The topological polar surface area (TPSA) is 62.0 Å². The number of carbonyl (C=O) groups is 1. The maximum absolute atomic E-state index is 13.4. The minimum atomic E-state index is -0.696. The van der Waals surface area contributed by atoms with Crippen molar-refractivity contribution in [1.29, 1.82) is 0 Å². The number of rotatable bonds is 2. The van der Waals surface area contributed by atoms with Gasteiger partial charge in [0.05, 0.1) is 5.69 Å². The molecule has 0 atom stereocenters. The Morgan fingerprint density at radius 3 is 2.83 bits per heavy atom. The standard InChI is InChI=1S/C12H8ClFN2O2/c13-7-1-2-9(14)10(5-7)16-12(18)8-6-15-4-3-11(8)17/h1-6H,(H,15,17)(H,16,18). The van der Waals surface area contributed by atoms with Gasteiger partial charge in [-0.05, 0) is 18.2 Å². The highest BCUT2D eigenvalue weighted by atomic mass is 35.5. The zero-order chi connectivity index (χ0) is 13.1. The van der Waals surface area contributed by atoms with Crippen LogP contribution < -0.4 is 10.7 Å². The zero-order valence-corrected chi connectivity index (χ0v) is 9.79. The Morgan fingerprint density at radius 1 is 1.33 bits per heavy atom. The monoisotopic (exact) mass is 266 g/mol. The largest absolute Gasteiger partial charge is 0.367 e. The fourth-order valence-electron chi connectivity index (χ4n) is 1.38. The summed E-state index contributed by atoms with van der Waals surface area (Å²) in [6.45, 7) is 0. The van der Waals surface area contributed by atoms with Crippen molar-refractivity contribution >= 4 is 23.2 Å². The van der Waals surface area contributed by atoms with Crippen LogP contribution in [0.25, 0.3) is 0 Å². The molecule has 0 fully saturated rings. The summed E-state index contributed by atoms with van der Waals surface area (Å²) in [5.74, 6) is -1.32. The summed E-state index contributed by atoms with van der Waals surface area (Å²) in [5.41, 5.74) is -0.624. The number of nitrogens with one attached hydrogen (secondary N) is 2. The van der Waals surface area contributed by atoms with Gasteiger partial charge in [0, 0.05) is 23.5 Å². The number of pyridine rings is 1. The van der Waals surface area contributed by atoms with Gasteiger partial charge in [-0.2, -0.15) is 0 Å². The van der Waals surface area contributed by atoms with Crippen LogP contribution in [0.5, 0.6) is 0 Å². The first-order chi connectivity index (χ1) is 8.58. The Balaban J connectivity index is 2.30. The number of aromatic nitrogens is 1. The molecule has 18 heavy (non-hydrogen) atoms. The van der Waals surface area contributed by atoms with E-state index >= 15 is 0 Å². The van der Waals surface area contributed by atoms with E-state index in [1.165, 1.54) is 30.6 Å². The van der Waals surface area contributed by atoms with Gasteiger partial charge < -0.3 is 10.3 Å². The molecule has 1 amide bonds. The van der Waals surface area contributed by atoms with Crippen molar-refractivity contribution in [3.8, 4) is 0 Å². The third kappa shape index (κ3) is 2.57. The Hall–Kier alpha value is -2.14. The molecule has 0 aliphatic heterocycles. The average molecular weight is 267 g/mol. The number of amides is 1. The summed E-state index contributed by atoms with van der Waals surface area (Å²) in [6, 6.07) is 4.98. The zero-order valence-electron chi connectivity index (χ0n) is 9.04. The van der Waals surface area contributed by atoms with Crippen LogP contribution in [0.2, 0.25) is 5.02 Å². The third-order valence-electron chi connectivity index (χ3n) is 2.25. The number of anilines is 1. The molecular weight excluding hydrogens is 259 g/mol. The first-order valence-electron chi connectivity index (χ1n) is 5.01. The molecule has 0 aliphatic rings. The lowest BCUT2D eigenvalue weighted by Crippen LogP contribution is -2.21. The van der Waals surface area contributed by atoms with Crippen LogP contribution in [0.3, 0.4) is 0 Å². The van der Waals surface area contributed by atoms with Crippen LogP contribution in [-0.4, -0.2) is 10.9 Å². The molecule has 1 aromatic carbocycles. The minimum absolute atomic E-state index is 0.0734. The molecule has 2 N–H and O–H groups in total. The highest BCUT2D eigenvalue weighted by molar-refractivity contribution is 6.31. The Kier molecular flexibility index (Phi) is 3.43. The molecule has 0 unspecified atom stereocenters. The van der Waals surface area contributed by atoms with Gasteiger partial charge in [0.25, 0.3) is 5.91 Å². The first-order valence-corrected chi connectivity index (χ1v) is 5.39. The van der Waals surface area contributed by atoms with Crippen molar-refractivity contribution in [2.45, 2.75) is 0 Å². The molecule has 2 rings (SSSR count). The minimum Gasteiger partial charge on any atom is -0.367 e. The van der Waals surface area contributed by atoms with Crippen LogP contribution >= 0.6 is 11.6 Å². The van der Waals surface area contributed by atoms with Gasteiger partial charge in [-0.15, -0.1) is 0 Å². The molecule has 0 radical (unpaired) electrons. The maximum Gasteiger partial charge on any atom is 0.261 e. The van der Waals surface area contributed by atoms with Gasteiger partial charge in [-0.1, -0.05) is 11.6 Å². The first kappa shape index (κ1) is 12.3. The van der Waals surface area contributed by atoms with Crippen LogP contribution in [0, 0.1) is 5.82 Å². The molecular formula is C12H8ClFN2O2. The highest BCUT2D eigenvalue weighted by Crippen LogP contribution is 2.19. The number of hydrogen-bond donors (Lipinski definition) is 2. The second kappa shape index (κ2) is 5.01. The predicted octanol–water partition coefficient (Wildman–Crippen LogP) is 2.42. The molecule has 0 saturated heterocycles. The molecule has 1 heterocycles. The van der Waals surface area contributed by atoms with E-state index in [1.807, 2.05) is 0 Å². The van der Waals surface area contributed by atoms with Crippen molar-refractivity contribution in [3.05, 3.63) is 63.3 Å². The van der Waals surface area contributed by atoms with Crippen molar-refractivity contribution < 1.29 is 9.18 Å². The Morgan fingerprint density at radius 2 is 2.11 bits per heavy atom. The summed E-state index contributed by atoms with van der Waals surface area (Å²) in [4.78, 5) is 25.8. The molecule has 0 aliphatic carbocycles. The number of halogens is 2. The van der Waals surface area contributed by atoms with Gasteiger partial charge in [-0.25, -0.2) is 4.39 Å². The van der Waals surface area contributed by atoms with Crippen LogP contribution in [0.15, 0.2) is 41.5 Å². The van der Waals surface area contributed by atoms with E-state index in [0.29, 0.717) is 0 Å². The van der Waals surface area contributed by atoms with Crippen molar-refractivity contribution in [2.75, 3.05) is 5.32 Å². The summed E-state index contributed by atoms with van der Waals surface area (Å²) in [7, 11) is 0. The summed E-state index contributed by atoms with van der Waals surface area (Å²) < 4.78 is 13.4. The molecule has 1 aromatic heterocycles. The van der Waals surface area contributed by atoms with Gasteiger partial charge in [0.2, 0.25) is 0 Å². The van der Waals surface area contributed by atoms with E-state index in [0.717, 1.165) is 6.07 Å². The molecule has 0 bridgehead atoms. The number of hydrogen-bond acceptors (Lipinski definition) is 2. The molecule has 6 heteroatoms. The number of H-pyrrole nitrogens is 1. The highest BCUT2D eigenvalue weighted by Gasteiger charge is 2.12. The van der Waals surface area contributed by atoms with Crippen LogP contribution in [-0.2, 0) is 0 Å². The summed E-state index contributed by atoms with van der Waals surface area (Å²) in [5, 5.41) is 2.58. The van der Waals surface area contributed by atoms with E-state index in [2.05, 4.69) is 10.3 Å². The fourth-order valence-corrected chi connectivity index (χ4v) is 1.55. The molecule has 2 aromatic rings. The molecule has 92 valence electrons. The van der Waals surface area contributed by atoms with E-state index in [-0.39, 0.29) is 16.3 Å². The quantitative estimate of drug-likeness (QED) is 0.877. The third-order valence-corrected chi connectivity index (χ3v) is 2.48. The van der Waals surface area contributed by atoms with Gasteiger partial charge >= 0.3 is 0 Å². The average Bonchev–Trinajstić information content (AvgIpc) is 2.34. The molecule has 4 nitrogen and oxygen atoms in total. The lowest BCUT2D eigenvalue weighted by atomic mass is 10.2. The predicted molar refractivity (Wildman–Crippen MR) is 66.4 cm³/mol. The Bertz CT molecular complexity index is 655. The van der Waals surface area contributed by atoms with E-state index < -0.39 is 17.2 Å². The van der Waals surface area contributed by atoms with Crippen molar-refractivity contribution in [2.24, 2.45) is 0 Å². The molecule has 0 saturated carbocycles. The lowest BCUT2D eigenvalue weighted by Gasteiger charge is -2.06. The van der Waals surface area contributed by atoms with E-state index in [1.54, 1.807) is 0 Å². The van der Waals surface area contributed by atoms with E-state index in [4.69, 9.17) is 11.6 Å². The van der Waals surface area contributed by atoms with Crippen molar-refractivity contribution in [3.63, 3.8) is 0 Å². The lowest BCUT2D eigenvalue weighted by molar-refractivity contribution is 0.102. The van der Waals surface area contributed by atoms with Crippen molar-refractivity contribution in [1.82, 2.24) is 4.98 Å². The van der Waals surface area contributed by atoms with Crippen LogP contribution in [0.4, 0.5) is 10.1 Å². The van der Waals surface area contributed by atoms with Gasteiger partial charge in [0.15, 0.2) is 5.43 Å². The molecule has 0 spiro atoms. The summed E-state index contributed by atoms with van der Waals surface area (Å²) in [6.07, 6.45) is 2.65. The number of carbonyl (C=O) groups excluding carboxylic acids is 1. The fraction of sp³-hybridized carbons (Fsp3) is 0. The van der Waals surface area contributed by atoms with Gasteiger partial charge in [0.1, 0.15) is 11.4 Å². The SMILES string of the molecule is O=C(Nc1cc(Cl)ccc1F)c1c[nH]ccc1=O. The number of benzene rings is 1. The van der Waals surface area contributed by atoms with Gasteiger partial charge in [-0.3, -0.25) is 9.59 Å². The van der Waals surface area contributed by atoms with Crippen LogP contribution in [0.1, 0.15) is 10.4 Å². The summed E-state index contributed by atoms with van der Waals surface area (Å²) >= 11 is 5.69.